The first-order valence-corrected chi connectivity index (χ1v) is 11.5. The second-order valence-corrected chi connectivity index (χ2v) is 8.81. The average molecular weight is 441 g/mol. The lowest BCUT2D eigenvalue weighted by Crippen LogP contribution is -2.39. The highest BCUT2D eigenvalue weighted by molar-refractivity contribution is 5.73. The molecule has 3 rings (SSSR count). The molecule has 1 aliphatic rings. The van der Waals surface area contributed by atoms with Gasteiger partial charge in [-0.3, -0.25) is 0 Å². The summed E-state index contributed by atoms with van der Waals surface area (Å²) in [5, 5.41) is 5.81. The average Bonchev–Trinajstić information content (AvgIpc) is 2.78. The molecule has 32 heavy (non-hydrogen) atoms. The van der Waals surface area contributed by atoms with E-state index in [-0.39, 0.29) is 6.03 Å². The molecule has 0 saturated carbocycles. The van der Waals surface area contributed by atoms with Crippen LogP contribution >= 0.6 is 0 Å². The molecule has 2 aromatic rings. The zero-order valence-corrected chi connectivity index (χ0v) is 19.5. The van der Waals surface area contributed by atoms with E-state index >= 15 is 0 Å². The number of unbranched alkanes of at least 4 members (excludes halogenated alkanes) is 1. The fraction of sp³-hybridized carbons (Fsp3) is 0.520. The van der Waals surface area contributed by atoms with Crippen LogP contribution in [0, 0.1) is 11.8 Å². The number of rotatable bonds is 10. The number of aromatic nitrogens is 1. The van der Waals surface area contributed by atoms with E-state index < -0.39 is 0 Å². The maximum atomic E-state index is 12.0. The predicted octanol–water partition coefficient (Wildman–Crippen LogP) is 4.44. The van der Waals surface area contributed by atoms with Crippen LogP contribution in [0.2, 0.25) is 0 Å². The van der Waals surface area contributed by atoms with Crippen LogP contribution in [0.1, 0.15) is 38.7 Å². The number of urea groups is 1. The molecule has 1 aromatic heterocycles. The first kappa shape index (κ1) is 23.9. The van der Waals surface area contributed by atoms with E-state index in [2.05, 4.69) is 34.4 Å². The number of ether oxygens (including phenoxy) is 2. The van der Waals surface area contributed by atoms with Gasteiger partial charge in [-0.05, 0) is 55.3 Å². The number of methoxy groups -OCH3 is 1. The Bertz CT molecular complexity index is 833. The van der Waals surface area contributed by atoms with E-state index in [1.54, 1.807) is 25.4 Å². The highest BCUT2D eigenvalue weighted by atomic mass is 16.5. The van der Waals surface area contributed by atoms with Crippen LogP contribution in [0.3, 0.4) is 0 Å². The molecule has 2 N–H and O–H groups in total. The molecule has 2 heterocycles. The fourth-order valence-electron chi connectivity index (χ4n) is 4.24. The van der Waals surface area contributed by atoms with Gasteiger partial charge in [0, 0.05) is 44.5 Å². The maximum Gasteiger partial charge on any atom is 0.315 e. The van der Waals surface area contributed by atoms with Gasteiger partial charge in [0.05, 0.1) is 7.11 Å². The molecule has 2 atom stereocenters. The van der Waals surface area contributed by atoms with Gasteiger partial charge in [-0.15, -0.1) is 0 Å². The standard InChI is InChI=1S/C25H36N4O3/c1-19-13-20(2)18-29(17-19)12-5-4-11-26-25(30)28-16-21-9-10-24(27-15-21)32-23-8-6-7-22(14-23)31-3/h6-10,14-15,19-20H,4-5,11-13,16-18H2,1-3H3,(H2,26,28,30). The lowest BCUT2D eigenvalue weighted by Gasteiger charge is -2.34. The summed E-state index contributed by atoms with van der Waals surface area (Å²) < 4.78 is 10.9. The van der Waals surface area contributed by atoms with Crippen LogP contribution in [0.25, 0.3) is 0 Å². The minimum atomic E-state index is -0.151. The van der Waals surface area contributed by atoms with Crippen molar-refractivity contribution in [1.29, 1.82) is 0 Å². The summed E-state index contributed by atoms with van der Waals surface area (Å²) in [5.74, 6) is 3.46. The van der Waals surface area contributed by atoms with Crippen molar-refractivity contribution in [2.45, 2.75) is 39.7 Å². The van der Waals surface area contributed by atoms with Crippen molar-refractivity contribution in [3.05, 3.63) is 48.2 Å². The highest BCUT2D eigenvalue weighted by Crippen LogP contribution is 2.24. The van der Waals surface area contributed by atoms with Crippen LogP contribution < -0.4 is 20.1 Å². The summed E-state index contributed by atoms with van der Waals surface area (Å²) in [4.78, 5) is 18.9. The first-order valence-electron chi connectivity index (χ1n) is 11.5. The molecule has 2 unspecified atom stereocenters. The molecule has 0 radical (unpaired) electrons. The van der Waals surface area contributed by atoms with Crippen molar-refractivity contribution in [3.8, 4) is 17.4 Å². The quantitative estimate of drug-likeness (QED) is 0.534. The Kier molecular flexibility index (Phi) is 9.16. The Morgan fingerprint density at radius 1 is 1.09 bits per heavy atom. The second-order valence-electron chi connectivity index (χ2n) is 8.81. The van der Waals surface area contributed by atoms with E-state index in [1.807, 2.05) is 24.3 Å². The zero-order chi connectivity index (χ0) is 22.8. The van der Waals surface area contributed by atoms with Gasteiger partial charge in [0.25, 0.3) is 0 Å². The number of carbonyl (C=O) groups excluding carboxylic acids is 1. The maximum absolute atomic E-state index is 12.0. The summed E-state index contributed by atoms with van der Waals surface area (Å²) in [6, 6.07) is 10.9. The van der Waals surface area contributed by atoms with Gasteiger partial charge < -0.3 is 25.0 Å². The number of likely N-dealkylation sites (tertiary alicyclic amines) is 1. The molecule has 2 amide bonds. The van der Waals surface area contributed by atoms with Gasteiger partial charge in [0.1, 0.15) is 11.5 Å². The van der Waals surface area contributed by atoms with Crippen LogP contribution in [-0.2, 0) is 6.54 Å². The highest BCUT2D eigenvalue weighted by Gasteiger charge is 2.20. The van der Waals surface area contributed by atoms with Crippen LogP contribution in [-0.4, -0.2) is 49.2 Å². The molecule has 7 heteroatoms. The van der Waals surface area contributed by atoms with Crippen molar-refractivity contribution in [3.63, 3.8) is 0 Å². The van der Waals surface area contributed by atoms with Gasteiger partial charge in [-0.25, -0.2) is 9.78 Å². The monoisotopic (exact) mass is 440 g/mol. The summed E-state index contributed by atoms with van der Waals surface area (Å²) in [7, 11) is 1.62. The van der Waals surface area contributed by atoms with Crippen molar-refractivity contribution < 1.29 is 14.3 Å². The molecule has 7 nitrogen and oxygen atoms in total. The third kappa shape index (κ3) is 8.04. The van der Waals surface area contributed by atoms with Gasteiger partial charge in [0.15, 0.2) is 0 Å². The van der Waals surface area contributed by atoms with Gasteiger partial charge in [-0.2, -0.15) is 0 Å². The molecular formula is C25H36N4O3. The Hall–Kier alpha value is -2.80. The van der Waals surface area contributed by atoms with E-state index in [1.165, 1.54) is 19.5 Å². The van der Waals surface area contributed by atoms with Gasteiger partial charge in [-0.1, -0.05) is 26.0 Å². The van der Waals surface area contributed by atoms with Crippen molar-refractivity contribution in [2.75, 3.05) is 33.3 Å². The topological polar surface area (TPSA) is 75.7 Å². The normalized spacial score (nSPS) is 18.7. The van der Waals surface area contributed by atoms with E-state index in [9.17, 15) is 4.79 Å². The Morgan fingerprint density at radius 2 is 1.88 bits per heavy atom. The largest absolute Gasteiger partial charge is 0.497 e. The van der Waals surface area contributed by atoms with Crippen LogP contribution in [0.15, 0.2) is 42.6 Å². The van der Waals surface area contributed by atoms with Crippen molar-refractivity contribution in [2.24, 2.45) is 11.8 Å². The van der Waals surface area contributed by atoms with E-state index in [4.69, 9.17) is 9.47 Å². The number of pyridine rings is 1. The Balaban J connectivity index is 1.30. The zero-order valence-electron chi connectivity index (χ0n) is 19.5. The predicted molar refractivity (Wildman–Crippen MR) is 126 cm³/mol. The third-order valence-corrected chi connectivity index (χ3v) is 5.65. The number of carbonyl (C=O) groups is 1. The first-order chi connectivity index (χ1) is 15.5. The molecule has 1 aliphatic heterocycles. The second kappa shape index (κ2) is 12.3. The molecule has 1 fully saturated rings. The summed E-state index contributed by atoms with van der Waals surface area (Å²) >= 11 is 0. The summed E-state index contributed by atoms with van der Waals surface area (Å²) in [5.41, 5.74) is 0.909. The van der Waals surface area contributed by atoms with Gasteiger partial charge >= 0.3 is 6.03 Å². The molecular weight excluding hydrogens is 404 g/mol. The Morgan fingerprint density at radius 3 is 2.59 bits per heavy atom. The molecule has 0 spiro atoms. The lowest BCUT2D eigenvalue weighted by molar-refractivity contribution is 0.139. The number of benzene rings is 1. The van der Waals surface area contributed by atoms with Crippen molar-refractivity contribution in [1.82, 2.24) is 20.5 Å². The third-order valence-electron chi connectivity index (χ3n) is 5.65. The summed E-state index contributed by atoms with van der Waals surface area (Å²) in [6.45, 7) is 9.31. The number of amides is 2. The molecule has 0 bridgehead atoms. The molecule has 174 valence electrons. The van der Waals surface area contributed by atoms with Crippen LogP contribution in [0.5, 0.6) is 17.4 Å². The van der Waals surface area contributed by atoms with Crippen molar-refractivity contribution >= 4 is 6.03 Å². The SMILES string of the molecule is COc1cccc(Oc2ccc(CNC(=O)NCCCCN3CC(C)CC(C)C3)cn2)c1. The minimum absolute atomic E-state index is 0.151. The lowest BCUT2D eigenvalue weighted by atomic mass is 9.92. The van der Waals surface area contributed by atoms with E-state index in [0.29, 0.717) is 24.7 Å². The van der Waals surface area contributed by atoms with Gasteiger partial charge in [0.2, 0.25) is 5.88 Å². The number of nitrogens with one attached hydrogen (secondary N) is 2. The molecule has 1 aromatic carbocycles. The number of hydrogen-bond donors (Lipinski definition) is 2. The summed E-state index contributed by atoms with van der Waals surface area (Å²) in [6.07, 6.45) is 5.14. The molecule has 0 aliphatic carbocycles. The number of nitrogens with zero attached hydrogens (tertiary/aromatic N) is 2. The fourth-order valence-corrected chi connectivity index (χ4v) is 4.24. The van der Waals surface area contributed by atoms with Crippen LogP contribution in [0.4, 0.5) is 4.79 Å². The molecule has 1 saturated heterocycles. The smallest absolute Gasteiger partial charge is 0.315 e. The minimum Gasteiger partial charge on any atom is -0.497 e. The number of piperidine rings is 1. The number of hydrogen-bond acceptors (Lipinski definition) is 5. The van der Waals surface area contributed by atoms with E-state index in [0.717, 1.165) is 42.5 Å². The Labute approximate surface area is 191 Å².